The highest BCUT2D eigenvalue weighted by atomic mass is 16.6. The van der Waals surface area contributed by atoms with Gasteiger partial charge in [-0.15, -0.1) is 0 Å². The van der Waals surface area contributed by atoms with E-state index in [0.29, 0.717) is 41.8 Å². The van der Waals surface area contributed by atoms with E-state index in [-0.39, 0.29) is 17.8 Å². The maximum atomic E-state index is 13.6. The molecule has 2 aliphatic heterocycles. The molecular formula is C37H45N5O6. The Morgan fingerprint density at radius 2 is 1.75 bits per heavy atom. The molecule has 5 rings (SSSR count). The summed E-state index contributed by atoms with van der Waals surface area (Å²) in [6, 6.07) is 14.1. The van der Waals surface area contributed by atoms with E-state index in [1.807, 2.05) is 24.3 Å². The molecule has 0 saturated carbocycles. The molecule has 3 N–H and O–H groups in total. The number of nitrogens with zero attached hydrogens (tertiary/aromatic N) is 2. The van der Waals surface area contributed by atoms with Gasteiger partial charge in [-0.05, 0) is 102 Å². The predicted molar refractivity (Wildman–Crippen MR) is 185 cm³/mol. The lowest BCUT2D eigenvalue weighted by atomic mass is 10.0. The Hall–Kier alpha value is -5.03. The molecule has 2 aromatic carbocycles. The first-order chi connectivity index (χ1) is 23.0. The van der Waals surface area contributed by atoms with E-state index in [1.54, 1.807) is 68.3 Å². The van der Waals surface area contributed by atoms with Crippen LogP contribution < -0.4 is 16.0 Å². The molecule has 2 aromatic rings. The van der Waals surface area contributed by atoms with Crippen molar-refractivity contribution in [1.29, 1.82) is 0 Å². The van der Waals surface area contributed by atoms with E-state index in [0.717, 1.165) is 49.8 Å². The summed E-state index contributed by atoms with van der Waals surface area (Å²) >= 11 is 0. The minimum Gasteiger partial charge on any atom is -0.463 e. The number of likely N-dealkylation sites (tertiary alicyclic amines) is 1. The summed E-state index contributed by atoms with van der Waals surface area (Å²) in [4.78, 5) is 43.2. The van der Waals surface area contributed by atoms with Crippen LogP contribution in [0.4, 0.5) is 21.0 Å². The van der Waals surface area contributed by atoms with Crippen LogP contribution in [-0.2, 0) is 20.8 Å². The molecule has 4 amide bonds. The van der Waals surface area contributed by atoms with Gasteiger partial charge in [-0.1, -0.05) is 42.5 Å². The largest absolute Gasteiger partial charge is 0.463 e. The topological polar surface area (TPSA) is 121 Å². The van der Waals surface area contributed by atoms with Gasteiger partial charge in [-0.25, -0.2) is 9.59 Å². The van der Waals surface area contributed by atoms with Crippen LogP contribution in [0.5, 0.6) is 0 Å². The van der Waals surface area contributed by atoms with Crippen molar-refractivity contribution in [3.05, 3.63) is 108 Å². The van der Waals surface area contributed by atoms with E-state index in [9.17, 15) is 14.4 Å². The van der Waals surface area contributed by atoms with Crippen LogP contribution >= 0.6 is 0 Å². The summed E-state index contributed by atoms with van der Waals surface area (Å²) < 4.78 is 16.8. The average molecular weight is 656 g/mol. The average Bonchev–Trinajstić information content (AvgIpc) is 3.48. The zero-order valence-electron chi connectivity index (χ0n) is 28.1. The van der Waals surface area contributed by atoms with Gasteiger partial charge in [0, 0.05) is 24.7 Å². The van der Waals surface area contributed by atoms with Gasteiger partial charge in [0.05, 0.1) is 11.4 Å². The van der Waals surface area contributed by atoms with Gasteiger partial charge in [0.2, 0.25) is 5.88 Å². The number of amides is 4. The van der Waals surface area contributed by atoms with Crippen molar-refractivity contribution < 1.29 is 28.6 Å². The lowest BCUT2D eigenvalue weighted by molar-refractivity contribution is 0.0635. The standard InChI is InChI=1S/C37H45N5O6/c1-37(2,3)48-36(45)39-31-15-9-8-14-30(31)38-34(43)28-18-16-26(17-19-28)23-42(22-20-29-13-10-21-41(29)4)35(44)40-33-25-46-24-32(47-33)27-11-6-5-7-12-27/h5-6,8-9,11,14-19,24-25,29H,7,10,12-13,20-23H2,1-4H3,(H,38,43)(H,39,45)(H,40,44). The van der Waals surface area contributed by atoms with Gasteiger partial charge in [-0.3, -0.25) is 15.4 Å². The number of nitrogens with one attached hydrogen (secondary N) is 3. The number of anilines is 2. The third-order valence-electron chi connectivity index (χ3n) is 8.22. The highest BCUT2D eigenvalue weighted by Crippen LogP contribution is 2.26. The molecule has 3 aliphatic rings. The quantitative estimate of drug-likeness (QED) is 0.247. The van der Waals surface area contributed by atoms with Gasteiger partial charge in [-0.2, -0.15) is 0 Å². The van der Waals surface area contributed by atoms with Gasteiger partial charge >= 0.3 is 12.1 Å². The highest BCUT2D eigenvalue weighted by Gasteiger charge is 2.25. The number of carbonyl (C=O) groups excluding carboxylic acids is 3. The smallest absolute Gasteiger partial charge is 0.412 e. The van der Waals surface area contributed by atoms with E-state index in [4.69, 9.17) is 14.2 Å². The second-order valence-corrected chi connectivity index (χ2v) is 13.1. The molecule has 1 unspecified atom stereocenters. The van der Waals surface area contributed by atoms with Gasteiger partial charge in [0.15, 0.2) is 12.0 Å². The summed E-state index contributed by atoms with van der Waals surface area (Å²) in [6.07, 6.45) is 13.2. The van der Waals surface area contributed by atoms with Gasteiger partial charge in [0.1, 0.15) is 11.9 Å². The SMILES string of the molecule is CN1CCCC1CCN(Cc1ccc(C(=O)Nc2ccccc2NC(=O)OC(C)(C)C)cc1)C(=O)NC1=COC=C(C2=CC=CCC2)O1. The molecule has 0 aromatic heterocycles. The van der Waals surface area contributed by atoms with Crippen LogP contribution in [0.1, 0.15) is 68.8 Å². The van der Waals surface area contributed by atoms with Gasteiger partial charge < -0.3 is 29.3 Å². The number of benzene rings is 2. The first-order valence-corrected chi connectivity index (χ1v) is 16.4. The third kappa shape index (κ3) is 9.74. The minimum atomic E-state index is -0.659. The molecule has 254 valence electrons. The monoisotopic (exact) mass is 655 g/mol. The molecule has 1 fully saturated rings. The molecule has 0 spiro atoms. The Bertz CT molecular complexity index is 1600. The van der Waals surface area contributed by atoms with Crippen molar-refractivity contribution in [2.75, 3.05) is 30.8 Å². The van der Waals surface area contributed by atoms with Crippen molar-refractivity contribution in [2.45, 2.75) is 71.1 Å². The Kier molecular flexibility index (Phi) is 11.2. The second-order valence-electron chi connectivity index (χ2n) is 13.1. The Morgan fingerprint density at radius 1 is 1.00 bits per heavy atom. The van der Waals surface area contributed by atoms with Crippen LogP contribution in [-0.4, -0.2) is 59.6 Å². The van der Waals surface area contributed by atoms with E-state index >= 15 is 0 Å². The lowest BCUT2D eigenvalue weighted by Crippen LogP contribution is -2.42. The van der Waals surface area contributed by atoms with E-state index in [2.05, 4.69) is 34.0 Å². The number of hydrogen-bond donors (Lipinski definition) is 3. The number of ether oxygens (including phenoxy) is 3. The summed E-state index contributed by atoms with van der Waals surface area (Å²) in [5.74, 6) is 0.463. The normalized spacial score (nSPS) is 17.6. The van der Waals surface area contributed by atoms with Crippen LogP contribution in [0.3, 0.4) is 0 Å². The molecule has 11 nitrogen and oxygen atoms in total. The summed E-state index contributed by atoms with van der Waals surface area (Å²) in [5, 5.41) is 8.45. The van der Waals surface area contributed by atoms with Gasteiger partial charge in [0.25, 0.3) is 5.91 Å². The third-order valence-corrected chi connectivity index (χ3v) is 8.22. The van der Waals surface area contributed by atoms with Crippen LogP contribution in [0, 0.1) is 0 Å². The van der Waals surface area contributed by atoms with Crippen molar-refractivity contribution >= 4 is 29.4 Å². The first-order valence-electron chi connectivity index (χ1n) is 16.4. The second kappa shape index (κ2) is 15.7. The molecule has 1 aliphatic carbocycles. The lowest BCUT2D eigenvalue weighted by Gasteiger charge is -2.28. The fourth-order valence-corrected chi connectivity index (χ4v) is 5.71. The molecule has 0 radical (unpaired) electrons. The van der Waals surface area contributed by atoms with E-state index < -0.39 is 11.7 Å². The maximum absolute atomic E-state index is 13.6. The number of allylic oxidation sites excluding steroid dienone is 4. The first kappa shape index (κ1) is 34.3. The highest BCUT2D eigenvalue weighted by molar-refractivity contribution is 6.06. The van der Waals surface area contributed by atoms with E-state index in [1.165, 1.54) is 6.26 Å². The summed E-state index contributed by atoms with van der Waals surface area (Å²) in [7, 11) is 2.12. The van der Waals surface area contributed by atoms with Crippen molar-refractivity contribution in [3.63, 3.8) is 0 Å². The predicted octanol–water partition coefficient (Wildman–Crippen LogP) is 7.25. The minimum absolute atomic E-state index is 0.226. The zero-order valence-corrected chi connectivity index (χ0v) is 28.1. The number of para-hydroxylation sites is 2. The number of hydrogen-bond acceptors (Lipinski definition) is 7. The number of rotatable bonds is 10. The molecule has 0 bridgehead atoms. The Labute approximate surface area is 282 Å². The summed E-state index contributed by atoms with van der Waals surface area (Å²) in [5.41, 5.74) is 2.50. The maximum Gasteiger partial charge on any atom is 0.412 e. The molecule has 11 heteroatoms. The van der Waals surface area contributed by atoms with Crippen molar-refractivity contribution in [1.82, 2.24) is 15.1 Å². The molecule has 48 heavy (non-hydrogen) atoms. The molecular weight excluding hydrogens is 610 g/mol. The summed E-state index contributed by atoms with van der Waals surface area (Å²) in [6.45, 7) is 7.27. The molecule has 2 heterocycles. The van der Waals surface area contributed by atoms with Crippen molar-refractivity contribution in [2.24, 2.45) is 0 Å². The fourth-order valence-electron chi connectivity index (χ4n) is 5.71. The molecule has 1 saturated heterocycles. The van der Waals surface area contributed by atoms with Crippen LogP contribution in [0.25, 0.3) is 0 Å². The Balaban J connectivity index is 1.23. The fraction of sp³-hybridized carbons (Fsp3) is 0.378. The van der Waals surface area contributed by atoms with Crippen LogP contribution in [0.2, 0.25) is 0 Å². The number of carbonyl (C=O) groups is 3. The Morgan fingerprint density at radius 3 is 2.42 bits per heavy atom. The number of urea groups is 1. The van der Waals surface area contributed by atoms with Crippen LogP contribution in [0.15, 0.2) is 96.5 Å². The molecule has 1 atom stereocenters. The van der Waals surface area contributed by atoms with Crippen molar-refractivity contribution in [3.8, 4) is 0 Å². The zero-order chi connectivity index (χ0) is 34.1.